The summed E-state index contributed by atoms with van der Waals surface area (Å²) in [6.07, 6.45) is 4.63. The van der Waals surface area contributed by atoms with Crippen molar-refractivity contribution in [1.82, 2.24) is 14.6 Å². The molecule has 0 bridgehead atoms. The molecule has 1 saturated heterocycles. The zero-order valence-electron chi connectivity index (χ0n) is 12.9. The van der Waals surface area contributed by atoms with Crippen LogP contribution in [0.25, 0.3) is 5.69 Å². The van der Waals surface area contributed by atoms with Crippen molar-refractivity contribution >= 4 is 18.4 Å². The van der Waals surface area contributed by atoms with Gasteiger partial charge in [-0.25, -0.2) is 4.39 Å². The predicted molar refractivity (Wildman–Crippen MR) is 91.9 cm³/mol. The van der Waals surface area contributed by atoms with Crippen molar-refractivity contribution in [3.8, 4) is 11.6 Å². The Bertz CT molecular complexity index is 867. The number of hydrazone groups is 1. The molecule has 1 aromatic carbocycles. The number of aromatic hydroxyl groups is 1. The summed E-state index contributed by atoms with van der Waals surface area (Å²) < 4.78 is 14.4. The first-order chi connectivity index (χ1) is 11.6. The molecule has 6 nitrogen and oxygen atoms in total. The van der Waals surface area contributed by atoms with Crippen molar-refractivity contribution in [2.45, 2.75) is 19.3 Å². The van der Waals surface area contributed by atoms with Gasteiger partial charge in [0.25, 0.3) is 5.56 Å². The van der Waals surface area contributed by atoms with Crippen molar-refractivity contribution < 1.29 is 9.50 Å². The highest BCUT2D eigenvalue weighted by Gasteiger charge is 2.14. The smallest absolute Gasteiger partial charge is 0.264 e. The second-order valence-electron chi connectivity index (χ2n) is 5.57. The van der Waals surface area contributed by atoms with Gasteiger partial charge in [0.05, 0.1) is 11.9 Å². The van der Waals surface area contributed by atoms with Gasteiger partial charge in [-0.15, -0.1) is 0 Å². The maximum absolute atomic E-state index is 13.1. The number of nitrogens with zero attached hydrogens (tertiary/aromatic N) is 3. The number of halogens is 1. The fourth-order valence-electron chi connectivity index (χ4n) is 2.62. The summed E-state index contributed by atoms with van der Waals surface area (Å²) >= 11 is 5.11. The second kappa shape index (κ2) is 6.96. The van der Waals surface area contributed by atoms with Crippen LogP contribution in [0.3, 0.4) is 0 Å². The topological polar surface area (TPSA) is 73.6 Å². The minimum absolute atomic E-state index is 0.0125. The molecule has 0 aliphatic carbocycles. The molecule has 2 aromatic rings. The standard InChI is InChI=1S/C16H17FN4O2S/c17-11-4-6-12(7-5-11)21-15(23)13(14(22)19-16(21)24)10-18-20-8-2-1-3-9-20/h4-7,10,23H,1-3,8-9H2,(H,19,22,24). The zero-order valence-corrected chi connectivity index (χ0v) is 13.7. The predicted octanol–water partition coefficient (Wildman–Crippen LogP) is 2.56. The molecule has 0 amide bonds. The first-order valence-electron chi connectivity index (χ1n) is 7.69. The molecule has 2 N–H and O–H groups in total. The summed E-state index contributed by atoms with van der Waals surface area (Å²) in [5, 5.41) is 16.6. The van der Waals surface area contributed by atoms with E-state index >= 15 is 0 Å². The maximum atomic E-state index is 13.1. The van der Waals surface area contributed by atoms with Crippen LogP contribution >= 0.6 is 12.2 Å². The van der Waals surface area contributed by atoms with Gasteiger partial charge in [-0.05, 0) is 55.7 Å². The molecule has 0 unspecified atom stereocenters. The molecule has 3 rings (SSSR count). The van der Waals surface area contributed by atoms with E-state index in [0.29, 0.717) is 5.69 Å². The number of aromatic nitrogens is 2. The molecule has 1 fully saturated rings. The van der Waals surface area contributed by atoms with Gasteiger partial charge in [0.2, 0.25) is 5.88 Å². The third-order valence-electron chi connectivity index (χ3n) is 3.89. The highest BCUT2D eigenvalue weighted by atomic mass is 32.1. The Morgan fingerprint density at radius 2 is 1.88 bits per heavy atom. The Morgan fingerprint density at radius 3 is 2.54 bits per heavy atom. The number of aromatic amines is 1. The van der Waals surface area contributed by atoms with E-state index in [-0.39, 0.29) is 16.2 Å². The molecule has 0 radical (unpaired) electrons. The lowest BCUT2D eigenvalue weighted by Gasteiger charge is -2.23. The van der Waals surface area contributed by atoms with E-state index in [1.165, 1.54) is 41.5 Å². The molecular formula is C16H17FN4O2S. The first kappa shape index (κ1) is 16.4. The Balaban J connectivity index is 2.02. The van der Waals surface area contributed by atoms with Gasteiger partial charge >= 0.3 is 0 Å². The van der Waals surface area contributed by atoms with Crippen LogP contribution in [0.4, 0.5) is 4.39 Å². The number of hydrogen-bond acceptors (Lipinski definition) is 5. The SMILES string of the molecule is O=c1[nH]c(=S)n(-c2ccc(F)cc2)c(O)c1C=NN1CCCCC1. The van der Waals surface area contributed by atoms with Gasteiger partial charge in [0, 0.05) is 13.1 Å². The zero-order chi connectivity index (χ0) is 17.1. The summed E-state index contributed by atoms with van der Waals surface area (Å²) in [7, 11) is 0. The van der Waals surface area contributed by atoms with Gasteiger partial charge in [-0.3, -0.25) is 19.4 Å². The van der Waals surface area contributed by atoms with Crippen LogP contribution in [0, 0.1) is 10.6 Å². The Hall–Kier alpha value is -2.48. The number of piperidine rings is 1. The third kappa shape index (κ3) is 3.38. The van der Waals surface area contributed by atoms with Crippen molar-refractivity contribution in [3.05, 3.63) is 50.8 Å². The summed E-state index contributed by atoms with van der Waals surface area (Å²) in [5.41, 5.74) is -0.0575. The van der Waals surface area contributed by atoms with Crippen LogP contribution in [0.1, 0.15) is 24.8 Å². The van der Waals surface area contributed by atoms with Gasteiger partial charge in [-0.2, -0.15) is 5.10 Å². The Morgan fingerprint density at radius 1 is 1.21 bits per heavy atom. The fourth-order valence-corrected chi connectivity index (χ4v) is 2.90. The van der Waals surface area contributed by atoms with Crippen molar-refractivity contribution in [2.75, 3.05) is 13.1 Å². The molecule has 8 heteroatoms. The first-order valence-corrected chi connectivity index (χ1v) is 8.10. The lowest BCUT2D eigenvalue weighted by Crippen LogP contribution is -2.25. The van der Waals surface area contributed by atoms with E-state index in [2.05, 4.69) is 10.1 Å². The largest absolute Gasteiger partial charge is 0.494 e. The van der Waals surface area contributed by atoms with Crippen LogP contribution in [-0.2, 0) is 0 Å². The molecule has 1 aliphatic heterocycles. The summed E-state index contributed by atoms with van der Waals surface area (Å²) in [4.78, 5) is 14.6. The highest BCUT2D eigenvalue weighted by molar-refractivity contribution is 7.71. The number of rotatable bonds is 3. The molecule has 24 heavy (non-hydrogen) atoms. The van der Waals surface area contributed by atoms with Crippen LogP contribution in [0.5, 0.6) is 5.88 Å². The third-order valence-corrected chi connectivity index (χ3v) is 4.17. The lowest BCUT2D eigenvalue weighted by molar-refractivity contribution is 0.240. The van der Waals surface area contributed by atoms with Crippen molar-refractivity contribution in [2.24, 2.45) is 5.10 Å². The van der Waals surface area contributed by atoms with Crippen LogP contribution in [0.2, 0.25) is 0 Å². The fraction of sp³-hybridized carbons (Fsp3) is 0.312. The van der Waals surface area contributed by atoms with E-state index in [4.69, 9.17) is 12.2 Å². The minimum Gasteiger partial charge on any atom is -0.494 e. The van der Waals surface area contributed by atoms with E-state index in [1.807, 2.05) is 5.01 Å². The van der Waals surface area contributed by atoms with E-state index in [9.17, 15) is 14.3 Å². The van der Waals surface area contributed by atoms with Gasteiger partial charge < -0.3 is 5.11 Å². The lowest BCUT2D eigenvalue weighted by atomic mass is 10.2. The van der Waals surface area contributed by atoms with Crippen LogP contribution in [0.15, 0.2) is 34.2 Å². The molecule has 1 aromatic heterocycles. The molecule has 2 heterocycles. The minimum atomic E-state index is -0.517. The number of nitrogens with one attached hydrogen (secondary N) is 1. The summed E-state index contributed by atoms with van der Waals surface area (Å²) in [6, 6.07) is 5.44. The van der Waals surface area contributed by atoms with Crippen LogP contribution in [-0.4, -0.2) is 39.0 Å². The monoisotopic (exact) mass is 348 g/mol. The van der Waals surface area contributed by atoms with E-state index in [1.54, 1.807) is 0 Å². The molecule has 0 atom stereocenters. The van der Waals surface area contributed by atoms with Crippen LogP contribution < -0.4 is 5.56 Å². The van der Waals surface area contributed by atoms with E-state index in [0.717, 1.165) is 25.9 Å². The van der Waals surface area contributed by atoms with Crippen molar-refractivity contribution in [3.63, 3.8) is 0 Å². The molecule has 1 aliphatic rings. The van der Waals surface area contributed by atoms with Gasteiger partial charge in [0.1, 0.15) is 11.4 Å². The number of H-pyrrole nitrogens is 1. The van der Waals surface area contributed by atoms with Gasteiger partial charge in [0.15, 0.2) is 4.77 Å². The second-order valence-corrected chi connectivity index (χ2v) is 5.95. The summed E-state index contributed by atoms with van der Waals surface area (Å²) in [5.74, 6) is -0.725. The van der Waals surface area contributed by atoms with Crippen molar-refractivity contribution in [1.29, 1.82) is 0 Å². The quantitative estimate of drug-likeness (QED) is 0.660. The normalized spacial score (nSPS) is 15.1. The molecule has 0 spiro atoms. The van der Waals surface area contributed by atoms with Gasteiger partial charge in [-0.1, -0.05) is 0 Å². The van der Waals surface area contributed by atoms with E-state index < -0.39 is 11.4 Å². The summed E-state index contributed by atoms with van der Waals surface area (Å²) in [6.45, 7) is 1.65. The highest BCUT2D eigenvalue weighted by Crippen LogP contribution is 2.19. The number of benzene rings is 1. The number of hydrogen-bond donors (Lipinski definition) is 2. The average Bonchev–Trinajstić information content (AvgIpc) is 2.57. The average molecular weight is 348 g/mol. The Labute approximate surface area is 142 Å². The molecule has 0 saturated carbocycles. The molecular weight excluding hydrogens is 331 g/mol. The maximum Gasteiger partial charge on any atom is 0.264 e. The Kier molecular flexibility index (Phi) is 4.75. The molecule has 126 valence electrons.